The highest BCUT2D eigenvalue weighted by molar-refractivity contribution is 8.18. The van der Waals surface area contributed by atoms with Crippen LogP contribution in [0.2, 0.25) is 5.02 Å². The summed E-state index contributed by atoms with van der Waals surface area (Å²) < 4.78 is 11.2. The molecule has 1 aliphatic rings. The molecule has 1 fully saturated rings. The van der Waals surface area contributed by atoms with Crippen molar-refractivity contribution in [3.8, 4) is 29.9 Å². The molecule has 1 heterocycles. The third kappa shape index (κ3) is 4.44. The Bertz CT molecular complexity index is 1130. The van der Waals surface area contributed by atoms with Crippen LogP contribution in [0.1, 0.15) is 16.7 Å². The molecule has 0 atom stereocenters. The van der Waals surface area contributed by atoms with Crippen LogP contribution in [0, 0.1) is 23.7 Å². The second-order valence-electron chi connectivity index (χ2n) is 6.06. The Labute approximate surface area is 183 Å². The molecule has 1 aliphatic heterocycles. The average Bonchev–Trinajstić information content (AvgIpc) is 3.00. The van der Waals surface area contributed by atoms with Crippen molar-refractivity contribution >= 4 is 40.6 Å². The lowest BCUT2D eigenvalue weighted by atomic mass is 10.1. The quantitative estimate of drug-likeness (QED) is 0.489. The van der Waals surface area contributed by atoms with Crippen molar-refractivity contribution in [1.82, 2.24) is 4.90 Å². The predicted octanol–water partition coefficient (Wildman–Crippen LogP) is 4.47. The number of halogens is 1. The molecule has 2 aromatic rings. The van der Waals surface area contributed by atoms with E-state index in [1.807, 2.05) is 6.07 Å². The van der Waals surface area contributed by atoms with Gasteiger partial charge in [-0.25, -0.2) is 0 Å². The Morgan fingerprint density at radius 2 is 2.07 bits per heavy atom. The molecule has 0 aliphatic carbocycles. The molecule has 1 saturated heterocycles. The van der Waals surface area contributed by atoms with E-state index < -0.39 is 11.1 Å². The van der Waals surface area contributed by atoms with Gasteiger partial charge in [-0.2, -0.15) is 5.26 Å². The molecular weight excluding hydrogens is 424 g/mol. The summed E-state index contributed by atoms with van der Waals surface area (Å²) in [6, 6.07) is 12.4. The minimum atomic E-state index is -0.452. The SMILES string of the molecule is C#CCN1C(=O)S/C(=C/c2cc(Cl)c(OCc3ccccc3C#N)c(OC)c2)C1=O. The van der Waals surface area contributed by atoms with Crippen LogP contribution in [0.25, 0.3) is 6.08 Å². The van der Waals surface area contributed by atoms with Crippen LogP contribution in [0.4, 0.5) is 4.79 Å². The summed E-state index contributed by atoms with van der Waals surface area (Å²) in [6.45, 7) is 0.0488. The van der Waals surface area contributed by atoms with Crippen LogP contribution in [-0.4, -0.2) is 29.7 Å². The third-order valence-corrected chi connectivity index (χ3v) is 5.37. The van der Waals surface area contributed by atoms with Gasteiger partial charge >= 0.3 is 0 Å². The summed E-state index contributed by atoms with van der Waals surface area (Å²) in [4.78, 5) is 25.5. The molecule has 2 aromatic carbocycles. The van der Waals surface area contributed by atoms with Crippen molar-refractivity contribution in [1.29, 1.82) is 5.26 Å². The second-order valence-corrected chi connectivity index (χ2v) is 7.46. The molecular formula is C22H15ClN2O4S. The van der Waals surface area contributed by atoms with Crippen molar-refractivity contribution in [3.63, 3.8) is 0 Å². The minimum Gasteiger partial charge on any atom is -0.493 e. The minimum absolute atomic E-state index is 0.0803. The Hall–Kier alpha value is -3.39. The van der Waals surface area contributed by atoms with Gasteiger partial charge in [0.25, 0.3) is 11.1 Å². The van der Waals surface area contributed by atoms with Gasteiger partial charge in [-0.15, -0.1) is 6.42 Å². The number of rotatable bonds is 6. The third-order valence-electron chi connectivity index (χ3n) is 4.18. The van der Waals surface area contributed by atoms with Crippen molar-refractivity contribution in [2.24, 2.45) is 0 Å². The molecule has 0 N–H and O–H groups in total. The monoisotopic (exact) mass is 438 g/mol. The average molecular weight is 439 g/mol. The van der Waals surface area contributed by atoms with E-state index in [2.05, 4.69) is 12.0 Å². The number of benzene rings is 2. The second kappa shape index (κ2) is 9.41. The van der Waals surface area contributed by atoms with Gasteiger partial charge in [0.1, 0.15) is 6.61 Å². The number of imide groups is 1. The summed E-state index contributed by atoms with van der Waals surface area (Å²) in [7, 11) is 1.46. The van der Waals surface area contributed by atoms with Gasteiger partial charge in [-0.05, 0) is 41.6 Å². The highest BCUT2D eigenvalue weighted by Gasteiger charge is 2.34. The topological polar surface area (TPSA) is 79.6 Å². The summed E-state index contributed by atoms with van der Waals surface area (Å²) in [5.41, 5.74) is 1.78. The number of thioether (sulfide) groups is 1. The summed E-state index contributed by atoms with van der Waals surface area (Å²) >= 11 is 7.20. The molecule has 30 heavy (non-hydrogen) atoms. The zero-order chi connectivity index (χ0) is 21.7. The van der Waals surface area contributed by atoms with E-state index in [-0.39, 0.29) is 23.1 Å². The molecule has 150 valence electrons. The van der Waals surface area contributed by atoms with Crippen LogP contribution in [0.5, 0.6) is 11.5 Å². The van der Waals surface area contributed by atoms with E-state index in [9.17, 15) is 14.9 Å². The Morgan fingerprint density at radius 1 is 1.30 bits per heavy atom. The van der Waals surface area contributed by atoms with Gasteiger partial charge in [0.2, 0.25) is 0 Å². The van der Waals surface area contributed by atoms with Gasteiger partial charge < -0.3 is 9.47 Å². The van der Waals surface area contributed by atoms with E-state index in [0.29, 0.717) is 28.2 Å². The van der Waals surface area contributed by atoms with Gasteiger partial charge in [0, 0.05) is 5.56 Å². The lowest BCUT2D eigenvalue weighted by Crippen LogP contribution is -2.28. The van der Waals surface area contributed by atoms with Gasteiger partial charge in [-0.1, -0.05) is 35.7 Å². The lowest BCUT2D eigenvalue weighted by Gasteiger charge is -2.14. The first-order valence-electron chi connectivity index (χ1n) is 8.65. The van der Waals surface area contributed by atoms with Crippen molar-refractivity contribution < 1.29 is 19.1 Å². The molecule has 8 heteroatoms. The molecule has 0 spiro atoms. The van der Waals surface area contributed by atoms with Crippen LogP contribution in [-0.2, 0) is 11.4 Å². The maximum absolute atomic E-state index is 12.3. The smallest absolute Gasteiger partial charge is 0.294 e. The molecule has 6 nitrogen and oxygen atoms in total. The molecule has 0 bridgehead atoms. The molecule has 0 saturated carbocycles. The standard InChI is InChI=1S/C22H15ClN2O4S/c1-3-8-25-21(26)19(30-22(25)27)11-14-9-17(23)20(18(10-14)28-2)29-13-16-7-5-4-6-15(16)12-24/h1,4-7,9-11H,8,13H2,2H3/b19-11+. The number of methoxy groups -OCH3 is 1. The van der Waals surface area contributed by atoms with Gasteiger partial charge in [0.15, 0.2) is 11.5 Å². The zero-order valence-electron chi connectivity index (χ0n) is 15.8. The zero-order valence-corrected chi connectivity index (χ0v) is 17.4. The first kappa shape index (κ1) is 21.3. The maximum Gasteiger partial charge on any atom is 0.294 e. The highest BCUT2D eigenvalue weighted by atomic mass is 35.5. The first-order chi connectivity index (χ1) is 14.5. The normalized spacial score (nSPS) is 14.5. The first-order valence-corrected chi connectivity index (χ1v) is 9.85. The van der Waals surface area contributed by atoms with Gasteiger partial charge in [0.05, 0.1) is 35.2 Å². The predicted molar refractivity (Wildman–Crippen MR) is 115 cm³/mol. The number of amides is 2. The van der Waals surface area contributed by atoms with Crippen molar-refractivity contribution in [2.45, 2.75) is 6.61 Å². The Morgan fingerprint density at radius 3 is 2.77 bits per heavy atom. The van der Waals surface area contributed by atoms with Crippen LogP contribution in [0.3, 0.4) is 0 Å². The van der Waals surface area contributed by atoms with Gasteiger partial charge in [-0.3, -0.25) is 14.5 Å². The molecule has 2 amide bonds. The summed E-state index contributed by atoms with van der Waals surface area (Å²) in [5.74, 6) is 2.50. The maximum atomic E-state index is 12.3. The molecule has 0 radical (unpaired) electrons. The summed E-state index contributed by atoms with van der Waals surface area (Å²) in [5, 5.41) is 9.05. The Kier molecular flexibility index (Phi) is 6.68. The molecule has 0 aromatic heterocycles. The number of nitrogens with zero attached hydrogens (tertiary/aromatic N) is 2. The fourth-order valence-electron chi connectivity index (χ4n) is 2.75. The number of hydrogen-bond acceptors (Lipinski definition) is 6. The number of carbonyl (C=O) groups is 2. The number of ether oxygens (including phenoxy) is 2. The van der Waals surface area contributed by atoms with E-state index in [1.165, 1.54) is 7.11 Å². The fraction of sp³-hybridized carbons (Fsp3) is 0.136. The molecule has 3 rings (SSSR count). The van der Waals surface area contributed by atoms with Crippen LogP contribution < -0.4 is 9.47 Å². The summed E-state index contributed by atoms with van der Waals surface area (Å²) in [6.07, 6.45) is 6.75. The number of terminal acetylenes is 1. The van der Waals surface area contributed by atoms with E-state index in [1.54, 1.807) is 36.4 Å². The van der Waals surface area contributed by atoms with Crippen LogP contribution in [0.15, 0.2) is 41.3 Å². The lowest BCUT2D eigenvalue weighted by molar-refractivity contribution is -0.122. The van der Waals surface area contributed by atoms with E-state index in [4.69, 9.17) is 27.5 Å². The van der Waals surface area contributed by atoms with E-state index >= 15 is 0 Å². The largest absolute Gasteiger partial charge is 0.493 e. The number of hydrogen-bond donors (Lipinski definition) is 0. The Balaban J connectivity index is 1.86. The highest BCUT2D eigenvalue weighted by Crippen LogP contribution is 2.39. The fourth-order valence-corrected chi connectivity index (χ4v) is 3.86. The van der Waals surface area contributed by atoms with Crippen LogP contribution >= 0.6 is 23.4 Å². The van der Waals surface area contributed by atoms with Crippen molar-refractivity contribution in [3.05, 3.63) is 63.0 Å². The van der Waals surface area contributed by atoms with Crippen molar-refractivity contribution in [2.75, 3.05) is 13.7 Å². The number of carbonyl (C=O) groups excluding carboxylic acids is 2. The number of nitriles is 1. The molecule has 0 unspecified atom stereocenters. The van der Waals surface area contributed by atoms with E-state index in [0.717, 1.165) is 16.7 Å².